The highest BCUT2D eigenvalue weighted by Crippen LogP contribution is 2.32. The molecule has 2 aliphatic heterocycles. The normalized spacial score (nSPS) is 27.6. The van der Waals surface area contributed by atoms with Crippen molar-refractivity contribution in [3.8, 4) is 6.07 Å². The standard InChI is InChI=1S/C22H20FN3O2/c23-17-8-4-5-9-18(17)26-20(27)14-19(21(26)28)25-12-10-22(15-24,11-13-25)16-6-2-1-3-7-16/h1-9,19H,10-14H2/p+1/t19-/m1/s1. The van der Waals surface area contributed by atoms with E-state index >= 15 is 0 Å². The van der Waals surface area contributed by atoms with Gasteiger partial charge in [-0.1, -0.05) is 42.5 Å². The van der Waals surface area contributed by atoms with Crippen LogP contribution in [0, 0.1) is 17.1 Å². The average molecular weight is 378 g/mol. The molecule has 4 rings (SSSR count). The van der Waals surface area contributed by atoms with E-state index in [2.05, 4.69) is 6.07 Å². The minimum absolute atomic E-state index is 0.0204. The van der Waals surface area contributed by atoms with Gasteiger partial charge >= 0.3 is 0 Å². The fourth-order valence-electron chi connectivity index (χ4n) is 4.41. The van der Waals surface area contributed by atoms with Crippen LogP contribution in [0.2, 0.25) is 0 Å². The van der Waals surface area contributed by atoms with Crippen LogP contribution in [-0.4, -0.2) is 30.9 Å². The zero-order valence-electron chi connectivity index (χ0n) is 15.4. The number of anilines is 1. The molecule has 2 aromatic carbocycles. The molecule has 1 atom stereocenters. The molecule has 2 aromatic rings. The Hall–Kier alpha value is -3.04. The molecule has 0 aromatic heterocycles. The van der Waals surface area contributed by atoms with Crippen molar-refractivity contribution < 1.29 is 18.9 Å². The molecule has 0 radical (unpaired) electrons. The van der Waals surface area contributed by atoms with E-state index in [1.807, 2.05) is 30.3 Å². The van der Waals surface area contributed by atoms with Gasteiger partial charge in [-0.15, -0.1) is 0 Å². The number of nitriles is 1. The molecule has 2 aliphatic rings. The maximum absolute atomic E-state index is 14.1. The highest BCUT2D eigenvalue weighted by molar-refractivity contribution is 6.21. The van der Waals surface area contributed by atoms with Crippen molar-refractivity contribution in [2.24, 2.45) is 0 Å². The number of nitrogens with zero attached hydrogens (tertiary/aromatic N) is 2. The number of likely N-dealkylation sites (tertiary alicyclic amines) is 1. The summed E-state index contributed by atoms with van der Waals surface area (Å²) in [6.07, 6.45) is 1.33. The van der Waals surface area contributed by atoms with Gasteiger partial charge < -0.3 is 4.90 Å². The summed E-state index contributed by atoms with van der Waals surface area (Å²) in [6.45, 7) is 1.24. The third-order valence-corrected chi connectivity index (χ3v) is 6.02. The van der Waals surface area contributed by atoms with E-state index in [0.29, 0.717) is 25.9 Å². The molecular weight excluding hydrogens is 357 g/mol. The number of carbonyl (C=O) groups excluding carboxylic acids is 2. The van der Waals surface area contributed by atoms with Crippen molar-refractivity contribution in [3.05, 3.63) is 66.0 Å². The largest absolute Gasteiger partial charge is 0.324 e. The fourth-order valence-corrected chi connectivity index (χ4v) is 4.41. The first-order valence-corrected chi connectivity index (χ1v) is 9.48. The number of amides is 2. The molecule has 2 heterocycles. The van der Waals surface area contributed by atoms with E-state index in [4.69, 9.17) is 0 Å². The van der Waals surface area contributed by atoms with Gasteiger partial charge in [0, 0.05) is 12.8 Å². The summed E-state index contributed by atoms with van der Waals surface area (Å²) >= 11 is 0. The van der Waals surface area contributed by atoms with Crippen LogP contribution in [0.25, 0.3) is 0 Å². The topological polar surface area (TPSA) is 65.6 Å². The highest BCUT2D eigenvalue weighted by Gasteiger charge is 2.49. The number of benzene rings is 2. The summed E-state index contributed by atoms with van der Waals surface area (Å²) in [5.74, 6) is -1.30. The minimum Gasteiger partial charge on any atom is -0.324 e. The number of rotatable bonds is 3. The molecule has 142 valence electrons. The number of imide groups is 1. The number of halogens is 1. The summed E-state index contributed by atoms with van der Waals surface area (Å²) in [5.41, 5.74) is 0.465. The van der Waals surface area contributed by atoms with Gasteiger partial charge in [0.15, 0.2) is 6.04 Å². The van der Waals surface area contributed by atoms with Crippen molar-refractivity contribution in [1.29, 1.82) is 5.26 Å². The molecule has 2 amide bonds. The van der Waals surface area contributed by atoms with Crippen molar-refractivity contribution in [1.82, 2.24) is 0 Å². The smallest absolute Gasteiger partial charge is 0.292 e. The van der Waals surface area contributed by atoms with Crippen molar-refractivity contribution in [2.75, 3.05) is 18.0 Å². The maximum Gasteiger partial charge on any atom is 0.292 e. The summed E-state index contributed by atoms with van der Waals surface area (Å²) < 4.78 is 14.1. The van der Waals surface area contributed by atoms with Crippen LogP contribution < -0.4 is 9.80 Å². The maximum atomic E-state index is 14.1. The predicted octanol–water partition coefficient (Wildman–Crippen LogP) is 1.60. The third kappa shape index (κ3) is 2.98. The molecule has 28 heavy (non-hydrogen) atoms. The van der Waals surface area contributed by atoms with Crippen LogP contribution in [0.4, 0.5) is 10.1 Å². The van der Waals surface area contributed by atoms with Crippen LogP contribution in [0.15, 0.2) is 54.6 Å². The minimum atomic E-state index is -0.578. The second-order valence-electron chi connectivity index (χ2n) is 7.49. The Morgan fingerprint density at radius 3 is 2.32 bits per heavy atom. The van der Waals surface area contributed by atoms with Crippen molar-refractivity contribution >= 4 is 17.5 Å². The van der Waals surface area contributed by atoms with E-state index in [9.17, 15) is 19.2 Å². The number of piperidine rings is 1. The molecular formula is C22H21FN3O2+. The molecule has 0 spiro atoms. The van der Waals surface area contributed by atoms with Gasteiger partial charge in [-0.25, -0.2) is 9.29 Å². The molecule has 6 heteroatoms. The second kappa shape index (κ2) is 7.17. The number of quaternary nitrogens is 1. The molecule has 0 aliphatic carbocycles. The fraction of sp³-hybridized carbons (Fsp3) is 0.318. The quantitative estimate of drug-likeness (QED) is 0.825. The van der Waals surface area contributed by atoms with E-state index in [0.717, 1.165) is 15.4 Å². The van der Waals surface area contributed by atoms with Gasteiger partial charge in [0.05, 0.1) is 36.7 Å². The van der Waals surface area contributed by atoms with E-state index < -0.39 is 17.3 Å². The average Bonchev–Trinajstić information content (AvgIpc) is 3.03. The Labute approximate surface area is 163 Å². The summed E-state index contributed by atoms with van der Waals surface area (Å²) in [6, 6.07) is 17.5. The molecule has 2 saturated heterocycles. The number of carbonyl (C=O) groups is 2. The van der Waals surface area contributed by atoms with Gasteiger partial charge in [-0.2, -0.15) is 5.26 Å². The molecule has 0 bridgehead atoms. The zero-order valence-corrected chi connectivity index (χ0v) is 15.4. The van der Waals surface area contributed by atoms with Gasteiger partial charge in [0.1, 0.15) is 5.82 Å². The van der Waals surface area contributed by atoms with Crippen molar-refractivity contribution in [3.63, 3.8) is 0 Å². The van der Waals surface area contributed by atoms with Crippen LogP contribution in [-0.2, 0) is 15.0 Å². The monoisotopic (exact) mass is 378 g/mol. The van der Waals surface area contributed by atoms with Crippen molar-refractivity contribution in [2.45, 2.75) is 30.7 Å². The number of para-hydroxylation sites is 1. The zero-order chi connectivity index (χ0) is 19.7. The molecule has 5 nitrogen and oxygen atoms in total. The summed E-state index contributed by atoms with van der Waals surface area (Å²) in [4.78, 5) is 27.4. The van der Waals surface area contributed by atoms with Crippen LogP contribution in [0.3, 0.4) is 0 Å². The first kappa shape index (κ1) is 18.3. The SMILES string of the molecule is N#CC1(c2ccccc2)CC[NH+]([C@@H]2CC(=O)N(c3ccccc3F)C2=O)CC1. The summed E-state index contributed by atoms with van der Waals surface area (Å²) in [7, 11) is 0. The molecule has 0 saturated carbocycles. The predicted molar refractivity (Wildman–Crippen MR) is 101 cm³/mol. The Morgan fingerprint density at radius 2 is 1.68 bits per heavy atom. The van der Waals surface area contributed by atoms with Gasteiger partial charge in [0.25, 0.3) is 5.91 Å². The Bertz CT molecular complexity index is 946. The first-order valence-electron chi connectivity index (χ1n) is 9.48. The number of hydrogen-bond acceptors (Lipinski definition) is 3. The Morgan fingerprint density at radius 1 is 1.04 bits per heavy atom. The van der Waals surface area contributed by atoms with Crippen LogP contribution in [0.5, 0.6) is 0 Å². The lowest BCUT2D eigenvalue weighted by Gasteiger charge is -2.37. The lowest BCUT2D eigenvalue weighted by molar-refractivity contribution is -0.920. The molecule has 0 unspecified atom stereocenters. The molecule has 1 N–H and O–H groups in total. The Kier molecular flexibility index (Phi) is 4.70. The molecule has 2 fully saturated rings. The van der Waals surface area contributed by atoms with Gasteiger partial charge in [-0.05, 0) is 17.7 Å². The number of nitrogens with one attached hydrogen (secondary N) is 1. The number of hydrogen-bond donors (Lipinski definition) is 1. The van der Waals surface area contributed by atoms with Crippen LogP contribution >= 0.6 is 0 Å². The van der Waals surface area contributed by atoms with Gasteiger partial charge in [-0.3, -0.25) is 9.59 Å². The summed E-state index contributed by atoms with van der Waals surface area (Å²) in [5, 5.41) is 9.83. The first-order chi connectivity index (χ1) is 13.6. The lowest BCUT2D eigenvalue weighted by atomic mass is 9.74. The highest BCUT2D eigenvalue weighted by atomic mass is 19.1. The van der Waals surface area contributed by atoms with E-state index in [1.165, 1.54) is 18.2 Å². The van der Waals surface area contributed by atoms with Crippen LogP contribution in [0.1, 0.15) is 24.8 Å². The van der Waals surface area contributed by atoms with E-state index in [1.54, 1.807) is 6.07 Å². The Balaban J connectivity index is 1.51. The van der Waals surface area contributed by atoms with E-state index in [-0.39, 0.29) is 23.9 Å². The lowest BCUT2D eigenvalue weighted by Crippen LogP contribution is -3.18. The second-order valence-corrected chi connectivity index (χ2v) is 7.49. The third-order valence-electron chi connectivity index (χ3n) is 6.02. The van der Waals surface area contributed by atoms with Gasteiger partial charge in [0.2, 0.25) is 5.91 Å².